The summed E-state index contributed by atoms with van der Waals surface area (Å²) in [7, 11) is 1.91. The van der Waals surface area contributed by atoms with Crippen LogP contribution in [0.15, 0.2) is 0 Å². The molecule has 0 aromatic rings. The second-order valence-corrected chi connectivity index (χ2v) is 6.43. The van der Waals surface area contributed by atoms with Gasteiger partial charge in [0, 0.05) is 5.92 Å². The Morgan fingerprint density at radius 3 is 2.31 bits per heavy atom. The molecule has 1 aliphatic rings. The van der Waals surface area contributed by atoms with Crippen molar-refractivity contribution < 1.29 is 9.84 Å². The van der Waals surface area contributed by atoms with Gasteiger partial charge in [0.15, 0.2) is 0 Å². The number of rotatable bonds is 4. The monoisotopic (exact) mass is 229 g/mol. The first-order valence-corrected chi connectivity index (χ1v) is 6.18. The largest absolute Gasteiger partial charge is 0.390 e. The Balaban J connectivity index is 2.79. The molecular weight excluding hydrogens is 202 g/mol. The zero-order chi connectivity index (χ0) is 12.6. The quantitative estimate of drug-likeness (QED) is 0.774. The van der Waals surface area contributed by atoms with E-state index in [9.17, 15) is 5.11 Å². The van der Waals surface area contributed by atoms with Gasteiger partial charge in [0.1, 0.15) is 0 Å². The Labute approximate surface area is 99.6 Å². The zero-order valence-corrected chi connectivity index (χ0v) is 11.6. The molecular formula is C13H27NO2. The van der Waals surface area contributed by atoms with Crippen LogP contribution >= 0.6 is 0 Å². The number of hydrogen-bond acceptors (Lipinski definition) is 3. The van der Waals surface area contributed by atoms with E-state index in [0.29, 0.717) is 0 Å². The fourth-order valence-electron chi connectivity index (χ4n) is 3.08. The van der Waals surface area contributed by atoms with Crippen molar-refractivity contribution in [2.45, 2.75) is 64.3 Å². The van der Waals surface area contributed by atoms with E-state index >= 15 is 0 Å². The minimum absolute atomic E-state index is 0.127. The zero-order valence-electron chi connectivity index (χ0n) is 11.6. The summed E-state index contributed by atoms with van der Waals surface area (Å²) in [6.45, 7) is 11.1. The predicted molar refractivity (Wildman–Crippen MR) is 66.5 cm³/mol. The van der Waals surface area contributed by atoms with Crippen LogP contribution in [0.2, 0.25) is 0 Å². The number of ether oxygens (including phenoxy) is 1. The normalized spacial score (nSPS) is 31.3. The van der Waals surface area contributed by atoms with E-state index in [1.54, 1.807) is 0 Å². The van der Waals surface area contributed by atoms with E-state index in [1.807, 2.05) is 14.0 Å². The molecule has 0 aromatic heterocycles. The van der Waals surface area contributed by atoms with Crippen LogP contribution in [-0.4, -0.2) is 35.5 Å². The standard InChI is InChI=1S/C13H27NO2/c1-11(2)9-10(12(3,4)16-11)13(5,15)7-8-14-6/h10,14-15H,7-9H2,1-6H3. The maximum absolute atomic E-state index is 10.6. The number of nitrogens with one attached hydrogen (secondary N) is 1. The highest BCUT2D eigenvalue weighted by molar-refractivity contribution is 5.02. The van der Waals surface area contributed by atoms with Gasteiger partial charge in [0.25, 0.3) is 0 Å². The Hall–Kier alpha value is -0.120. The van der Waals surface area contributed by atoms with Crippen molar-refractivity contribution >= 4 is 0 Å². The van der Waals surface area contributed by atoms with Gasteiger partial charge in [0.2, 0.25) is 0 Å². The average Bonchev–Trinajstić information content (AvgIpc) is 2.31. The van der Waals surface area contributed by atoms with Crippen LogP contribution in [0.5, 0.6) is 0 Å². The Kier molecular flexibility index (Phi) is 3.73. The lowest BCUT2D eigenvalue weighted by Gasteiger charge is -2.37. The van der Waals surface area contributed by atoms with Crippen LogP contribution in [0.25, 0.3) is 0 Å². The lowest BCUT2D eigenvalue weighted by Crippen LogP contribution is -2.45. The minimum Gasteiger partial charge on any atom is -0.390 e. The molecule has 3 heteroatoms. The molecule has 1 aliphatic heterocycles. The van der Waals surface area contributed by atoms with Gasteiger partial charge in [-0.2, -0.15) is 0 Å². The van der Waals surface area contributed by atoms with E-state index in [4.69, 9.17) is 4.74 Å². The lowest BCUT2D eigenvalue weighted by atomic mass is 9.74. The summed E-state index contributed by atoms with van der Waals surface area (Å²) in [6, 6.07) is 0. The fourth-order valence-corrected chi connectivity index (χ4v) is 3.08. The Bertz CT molecular complexity index is 246. The van der Waals surface area contributed by atoms with E-state index in [-0.39, 0.29) is 17.1 Å². The van der Waals surface area contributed by atoms with Crippen LogP contribution in [0.4, 0.5) is 0 Å². The van der Waals surface area contributed by atoms with Gasteiger partial charge in [0.05, 0.1) is 16.8 Å². The molecule has 1 fully saturated rings. The molecule has 2 atom stereocenters. The van der Waals surface area contributed by atoms with Crippen LogP contribution in [0, 0.1) is 5.92 Å². The summed E-state index contributed by atoms with van der Waals surface area (Å²) in [5, 5.41) is 13.7. The fraction of sp³-hybridized carbons (Fsp3) is 1.00. The van der Waals surface area contributed by atoms with Gasteiger partial charge in [-0.15, -0.1) is 0 Å². The topological polar surface area (TPSA) is 41.5 Å². The molecule has 1 rings (SSSR count). The third-order valence-corrected chi connectivity index (χ3v) is 3.71. The average molecular weight is 229 g/mol. The van der Waals surface area contributed by atoms with Gasteiger partial charge in [-0.3, -0.25) is 0 Å². The highest BCUT2D eigenvalue weighted by atomic mass is 16.5. The van der Waals surface area contributed by atoms with Crippen LogP contribution in [-0.2, 0) is 4.74 Å². The summed E-state index contributed by atoms with van der Waals surface area (Å²) < 4.78 is 6.03. The van der Waals surface area contributed by atoms with E-state index in [0.717, 1.165) is 19.4 Å². The molecule has 3 nitrogen and oxygen atoms in total. The lowest BCUT2D eigenvalue weighted by molar-refractivity contribution is -0.109. The highest BCUT2D eigenvalue weighted by Gasteiger charge is 2.52. The first-order valence-electron chi connectivity index (χ1n) is 6.18. The van der Waals surface area contributed by atoms with E-state index in [2.05, 4.69) is 33.0 Å². The minimum atomic E-state index is -0.666. The first-order chi connectivity index (χ1) is 7.11. The molecule has 0 aromatic carbocycles. The van der Waals surface area contributed by atoms with Crippen LogP contribution in [0.1, 0.15) is 47.5 Å². The third-order valence-electron chi connectivity index (χ3n) is 3.71. The summed E-state index contributed by atoms with van der Waals surface area (Å²) in [4.78, 5) is 0. The van der Waals surface area contributed by atoms with Crippen molar-refractivity contribution in [2.75, 3.05) is 13.6 Å². The van der Waals surface area contributed by atoms with E-state index in [1.165, 1.54) is 0 Å². The van der Waals surface area contributed by atoms with Gasteiger partial charge in [-0.1, -0.05) is 0 Å². The molecule has 2 N–H and O–H groups in total. The van der Waals surface area contributed by atoms with Gasteiger partial charge in [-0.25, -0.2) is 0 Å². The second-order valence-electron chi connectivity index (χ2n) is 6.43. The summed E-state index contributed by atoms with van der Waals surface area (Å²) in [5.41, 5.74) is -1.04. The summed E-state index contributed by atoms with van der Waals surface area (Å²) in [6.07, 6.45) is 1.67. The maximum atomic E-state index is 10.6. The molecule has 1 heterocycles. The highest BCUT2D eigenvalue weighted by Crippen LogP contribution is 2.47. The molecule has 0 spiro atoms. The van der Waals surface area contributed by atoms with Crippen molar-refractivity contribution in [1.82, 2.24) is 5.32 Å². The summed E-state index contributed by atoms with van der Waals surface area (Å²) >= 11 is 0. The second kappa shape index (κ2) is 4.28. The van der Waals surface area contributed by atoms with Gasteiger partial charge >= 0.3 is 0 Å². The molecule has 16 heavy (non-hydrogen) atoms. The molecule has 2 unspecified atom stereocenters. The third kappa shape index (κ3) is 2.96. The molecule has 0 radical (unpaired) electrons. The van der Waals surface area contributed by atoms with Crippen molar-refractivity contribution in [3.8, 4) is 0 Å². The van der Waals surface area contributed by atoms with Crippen molar-refractivity contribution in [1.29, 1.82) is 0 Å². The Morgan fingerprint density at radius 2 is 1.94 bits per heavy atom. The number of hydrogen-bond donors (Lipinski definition) is 2. The SMILES string of the molecule is CNCCC(C)(O)C1CC(C)(C)OC1(C)C. The Morgan fingerprint density at radius 1 is 1.38 bits per heavy atom. The van der Waals surface area contributed by atoms with Crippen molar-refractivity contribution in [2.24, 2.45) is 5.92 Å². The molecule has 1 saturated heterocycles. The molecule has 0 bridgehead atoms. The van der Waals surface area contributed by atoms with Gasteiger partial charge < -0.3 is 15.2 Å². The maximum Gasteiger partial charge on any atom is 0.0690 e. The van der Waals surface area contributed by atoms with Crippen LogP contribution in [0.3, 0.4) is 0 Å². The van der Waals surface area contributed by atoms with E-state index < -0.39 is 5.60 Å². The van der Waals surface area contributed by atoms with Crippen molar-refractivity contribution in [3.05, 3.63) is 0 Å². The summed E-state index contributed by atoms with van der Waals surface area (Å²) in [5.74, 6) is 0.184. The predicted octanol–water partition coefficient (Wildman–Crippen LogP) is 1.94. The number of aliphatic hydroxyl groups is 1. The molecule has 0 saturated carbocycles. The smallest absolute Gasteiger partial charge is 0.0690 e. The molecule has 0 amide bonds. The molecule has 96 valence electrons. The molecule has 0 aliphatic carbocycles. The van der Waals surface area contributed by atoms with Gasteiger partial charge in [-0.05, 0) is 61.1 Å². The van der Waals surface area contributed by atoms with Crippen molar-refractivity contribution in [3.63, 3.8) is 0 Å². The first kappa shape index (κ1) is 13.9. The van der Waals surface area contributed by atoms with Crippen LogP contribution < -0.4 is 5.32 Å².